The van der Waals surface area contributed by atoms with E-state index in [1.807, 2.05) is 31.2 Å². The van der Waals surface area contributed by atoms with Crippen LogP contribution in [0, 0.1) is 5.92 Å². The summed E-state index contributed by atoms with van der Waals surface area (Å²) in [5, 5.41) is 13.9. The molecule has 1 aliphatic rings. The van der Waals surface area contributed by atoms with Crippen molar-refractivity contribution in [2.24, 2.45) is 5.92 Å². The molecule has 1 N–H and O–H groups in total. The average Bonchev–Trinajstić information content (AvgIpc) is 3.05. The fraction of sp³-hybridized carbons (Fsp3) is 0.471. The molecule has 0 saturated carbocycles. The van der Waals surface area contributed by atoms with Crippen LogP contribution in [0.15, 0.2) is 28.8 Å². The lowest BCUT2D eigenvalue weighted by molar-refractivity contribution is -0.144. The minimum atomic E-state index is -0.735. The number of rotatable bonds is 5. The fourth-order valence-corrected chi connectivity index (χ4v) is 3.14. The minimum absolute atomic E-state index is 0.0846. The van der Waals surface area contributed by atoms with Crippen LogP contribution in [0.1, 0.15) is 43.1 Å². The van der Waals surface area contributed by atoms with E-state index in [2.05, 4.69) is 15.0 Å². The number of carboxylic acid groups (broad SMARTS) is 1. The third-order valence-corrected chi connectivity index (χ3v) is 4.72. The number of aliphatic carboxylic acids is 1. The van der Waals surface area contributed by atoms with Gasteiger partial charge >= 0.3 is 5.97 Å². The van der Waals surface area contributed by atoms with Crippen LogP contribution < -0.4 is 0 Å². The van der Waals surface area contributed by atoms with Crippen molar-refractivity contribution in [3.05, 3.63) is 46.6 Å². The number of benzene rings is 1. The monoisotopic (exact) mass is 349 g/mol. The Morgan fingerprint density at radius 3 is 2.92 bits per heavy atom. The fourth-order valence-electron chi connectivity index (χ4n) is 3.01. The Balaban J connectivity index is 1.66. The molecule has 0 radical (unpaired) electrons. The number of carbonyl (C=O) groups is 1. The molecule has 1 aromatic heterocycles. The van der Waals surface area contributed by atoms with Crippen molar-refractivity contribution in [3.8, 4) is 0 Å². The first-order valence-electron chi connectivity index (χ1n) is 8.06. The van der Waals surface area contributed by atoms with E-state index in [1.165, 1.54) is 0 Å². The molecule has 1 aliphatic heterocycles. The highest BCUT2D eigenvalue weighted by molar-refractivity contribution is 6.30. The highest BCUT2D eigenvalue weighted by Crippen LogP contribution is 2.26. The van der Waals surface area contributed by atoms with Crippen molar-refractivity contribution in [2.45, 2.75) is 32.2 Å². The largest absolute Gasteiger partial charge is 0.481 e. The highest BCUT2D eigenvalue weighted by atomic mass is 35.5. The number of piperidine rings is 1. The van der Waals surface area contributed by atoms with Crippen LogP contribution in [0.3, 0.4) is 0 Å². The SMILES string of the molecule is CC(c1nc(Cc2ccc(Cl)cc2)no1)N1CCCC(C(=O)O)C1. The zero-order valence-electron chi connectivity index (χ0n) is 13.5. The third-order valence-electron chi connectivity index (χ3n) is 4.47. The first-order chi connectivity index (χ1) is 11.5. The molecule has 1 saturated heterocycles. The molecule has 24 heavy (non-hydrogen) atoms. The van der Waals surface area contributed by atoms with Crippen molar-refractivity contribution in [1.82, 2.24) is 15.0 Å². The van der Waals surface area contributed by atoms with Crippen LogP contribution in [0.25, 0.3) is 0 Å². The van der Waals surface area contributed by atoms with E-state index >= 15 is 0 Å². The molecule has 0 bridgehead atoms. The second-order valence-corrected chi connectivity index (χ2v) is 6.64. The Morgan fingerprint density at radius 2 is 2.21 bits per heavy atom. The maximum Gasteiger partial charge on any atom is 0.307 e. The number of likely N-dealkylation sites (tertiary alicyclic amines) is 1. The number of carboxylic acids is 1. The Hall–Kier alpha value is -1.92. The van der Waals surface area contributed by atoms with Gasteiger partial charge in [-0.25, -0.2) is 0 Å². The molecule has 3 rings (SSSR count). The zero-order valence-corrected chi connectivity index (χ0v) is 14.2. The van der Waals surface area contributed by atoms with E-state index in [0.717, 1.165) is 24.9 Å². The Morgan fingerprint density at radius 1 is 1.46 bits per heavy atom. The third kappa shape index (κ3) is 3.94. The van der Waals surface area contributed by atoms with Gasteiger partial charge in [-0.2, -0.15) is 4.98 Å². The number of halogens is 1. The van der Waals surface area contributed by atoms with Crippen LogP contribution in [-0.2, 0) is 11.2 Å². The van der Waals surface area contributed by atoms with Crippen LogP contribution in [-0.4, -0.2) is 39.2 Å². The van der Waals surface area contributed by atoms with Crippen LogP contribution in [0.2, 0.25) is 5.02 Å². The quantitative estimate of drug-likeness (QED) is 0.893. The van der Waals surface area contributed by atoms with E-state index in [4.69, 9.17) is 16.1 Å². The molecule has 1 fully saturated rings. The molecule has 2 unspecified atom stereocenters. The second-order valence-electron chi connectivity index (χ2n) is 6.20. The van der Waals surface area contributed by atoms with Gasteiger partial charge in [0.2, 0.25) is 5.89 Å². The normalized spacial score (nSPS) is 20.0. The predicted octanol–water partition coefficient (Wildman–Crippen LogP) is 3.17. The molecule has 2 aromatic rings. The summed E-state index contributed by atoms with van der Waals surface area (Å²) in [5.41, 5.74) is 1.06. The first-order valence-corrected chi connectivity index (χ1v) is 8.44. The molecule has 1 aromatic carbocycles. The van der Waals surface area contributed by atoms with Gasteiger partial charge in [-0.3, -0.25) is 9.69 Å². The summed E-state index contributed by atoms with van der Waals surface area (Å²) in [4.78, 5) is 17.8. The number of hydrogen-bond donors (Lipinski definition) is 1. The van der Waals surface area contributed by atoms with Gasteiger partial charge in [0, 0.05) is 18.0 Å². The van der Waals surface area contributed by atoms with Gasteiger partial charge in [0.15, 0.2) is 5.82 Å². The standard InChI is InChI=1S/C17H20ClN3O3/c1-11(21-8-2-3-13(10-21)17(22)23)16-19-15(20-24-16)9-12-4-6-14(18)7-5-12/h4-7,11,13H,2-3,8-10H2,1H3,(H,22,23). The van der Waals surface area contributed by atoms with Crippen LogP contribution in [0.5, 0.6) is 0 Å². The maximum atomic E-state index is 11.2. The zero-order chi connectivity index (χ0) is 17.1. The smallest absolute Gasteiger partial charge is 0.307 e. The topological polar surface area (TPSA) is 79.5 Å². The first kappa shape index (κ1) is 16.9. The average molecular weight is 350 g/mol. The predicted molar refractivity (Wildman–Crippen MR) is 88.9 cm³/mol. The Kier molecular flexibility index (Phi) is 5.16. The van der Waals surface area contributed by atoms with Gasteiger partial charge in [-0.15, -0.1) is 0 Å². The van der Waals surface area contributed by atoms with Crippen molar-refractivity contribution in [1.29, 1.82) is 0 Å². The van der Waals surface area contributed by atoms with E-state index in [-0.39, 0.29) is 12.0 Å². The Bertz CT molecular complexity index is 701. The summed E-state index contributed by atoms with van der Waals surface area (Å²) in [5.74, 6) is 0.0921. The molecule has 2 atom stereocenters. The van der Waals surface area contributed by atoms with E-state index in [0.29, 0.717) is 29.7 Å². The summed E-state index contributed by atoms with van der Waals surface area (Å²) >= 11 is 5.88. The molecule has 2 heterocycles. The highest BCUT2D eigenvalue weighted by Gasteiger charge is 2.30. The van der Waals surface area contributed by atoms with Gasteiger partial charge in [-0.05, 0) is 44.0 Å². The molecule has 0 amide bonds. The van der Waals surface area contributed by atoms with Crippen molar-refractivity contribution < 1.29 is 14.4 Å². The van der Waals surface area contributed by atoms with Crippen molar-refractivity contribution in [2.75, 3.05) is 13.1 Å². The molecule has 128 valence electrons. The number of nitrogens with zero attached hydrogens (tertiary/aromatic N) is 3. The lowest BCUT2D eigenvalue weighted by atomic mass is 9.97. The molecule has 0 aliphatic carbocycles. The lowest BCUT2D eigenvalue weighted by Crippen LogP contribution is -2.40. The summed E-state index contributed by atoms with van der Waals surface area (Å²) in [6, 6.07) is 7.45. The molecule has 0 spiro atoms. The van der Waals surface area contributed by atoms with Gasteiger partial charge in [0.05, 0.1) is 12.0 Å². The minimum Gasteiger partial charge on any atom is -0.481 e. The molecular weight excluding hydrogens is 330 g/mol. The van der Waals surface area contributed by atoms with Gasteiger partial charge in [0.1, 0.15) is 0 Å². The summed E-state index contributed by atoms with van der Waals surface area (Å²) in [7, 11) is 0. The van der Waals surface area contributed by atoms with Crippen molar-refractivity contribution >= 4 is 17.6 Å². The van der Waals surface area contributed by atoms with Crippen LogP contribution in [0.4, 0.5) is 0 Å². The van der Waals surface area contributed by atoms with Gasteiger partial charge in [0.25, 0.3) is 0 Å². The van der Waals surface area contributed by atoms with Crippen LogP contribution >= 0.6 is 11.6 Å². The van der Waals surface area contributed by atoms with E-state index < -0.39 is 5.97 Å². The number of aromatic nitrogens is 2. The second kappa shape index (κ2) is 7.32. The van der Waals surface area contributed by atoms with Gasteiger partial charge in [-0.1, -0.05) is 28.9 Å². The molecule has 6 nitrogen and oxygen atoms in total. The summed E-state index contributed by atoms with van der Waals surface area (Å²) in [6.45, 7) is 3.34. The maximum absolute atomic E-state index is 11.2. The lowest BCUT2D eigenvalue weighted by Gasteiger charge is -2.33. The van der Waals surface area contributed by atoms with Gasteiger partial charge < -0.3 is 9.63 Å². The molecule has 7 heteroatoms. The Labute approximate surface area is 145 Å². The van der Waals surface area contributed by atoms with E-state index in [9.17, 15) is 9.90 Å². The molecular formula is C17H20ClN3O3. The summed E-state index contributed by atoms with van der Waals surface area (Å²) < 4.78 is 5.40. The van der Waals surface area contributed by atoms with E-state index in [1.54, 1.807) is 0 Å². The number of hydrogen-bond acceptors (Lipinski definition) is 5. The summed E-state index contributed by atoms with van der Waals surface area (Å²) in [6.07, 6.45) is 2.17. The van der Waals surface area contributed by atoms with Crippen molar-refractivity contribution in [3.63, 3.8) is 0 Å².